The highest BCUT2D eigenvalue weighted by molar-refractivity contribution is 7.19. The van der Waals surface area contributed by atoms with Gasteiger partial charge in [0.1, 0.15) is 5.01 Å². The van der Waals surface area contributed by atoms with Crippen molar-refractivity contribution in [2.24, 2.45) is 0 Å². The van der Waals surface area contributed by atoms with Crippen molar-refractivity contribution in [2.45, 2.75) is 27.7 Å². The van der Waals surface area contributed by atoms with E-state index in [1.165, 1.54) is 11.3 Å². The van der Waals surface area contributed by atoms with E-state index in [4.69, 9.17) is 19.3 Å². The number of aryl methyl sites for hydroxylation is 1. The molecule has 0 atom stereocenters. The number of benzene rings is 2. The van der Waals surface area contributed by atoms with Crippen molar-refractivity contribution in [3.05, 3.63) is 42.0 Å². The van der Waals surface area contributed by atoms with Gasteiger partial charge in [0.2, 0.25) is 10.7 Å². The second kappa shape index (κ2) is 8.71. The fourth-order valence-electron chi connectivity index (χ4n) is 3.24. The second-order valence-corrected chi connectivity index (χ2v) is 7.50. The molecule has 2 heterocycles. The first kappa shape index (κ1) is 20.2. The molecule has 7 nitrogen and oxygen atoms in total. The van der Waals surface area contributed by atoms with Crippen LogP contribution in [0.25, 0.3) is 26.9 Å². The van der Waals surface area contributed by atoms with Crippen LogP contribution in [0.3, 0.4) is 0 Å². The van der Waals surface area contributed by atoms with Gasteiger partial charge in [-0.2, -0.15) is 9.61 Å². The standard InChI is InChI=1S/C22H24N4O3S/c1-5-27-17-12-15(13-18(28-6-2)19(17)29-7-3)21-25-26-20(23-24-22(26)30-21)16-11-9-8-10-14(16)4/h8-13H,5-7H2,1-4H3. The topological polar surface area (TPSA) is 70.8 Å². The lowest BCUT2D eigenvalue weighted by Gasteiger charge is -2.16. The summed E-state index contributed by atoms with van der Waals surface area (Å²) in [5.41, 5.74) is 3.02. The summed E-state index contributed by atoms with van der Waals surface area (Å²) in [5.74, 6) is 2.64. The van der Waals surface area contributed by atoms with Crippen molar-refractivity contribution in [3.8, 4) is 39.2 Å². The zero-order valence-corrected chi connectivity index (χ0v) is 18.3. The maximum absolute atomic E-state index is 5.84. The summed E-state index contributed by atoms with van der Waals surface area (Å²) in [6.45, 7) is 9.46. The van der Waals surface area contributed by atoms with Gasteiger partial charge in [-0.25, -0.2) is 0 Å². The van der Waals surface area contributed by atoms with E-state index in [0.717, 1.165) is 32.5 Å². The molecule has 0 bridgehead atoms. The van der Waals surface area contributed by atoms with Crippen molar-refractivity contribution < 1.29 is 14.2 Å². The largest absolute Gasteiger partial charge is 0.490 e. The summed E-state index contributed by atoms with van der Waals surface area (Å²) >= 11 is 1.47. The first-order chi connectivity index (χ1) is 14.7. The molecular weight excluding hydrogens is 400 g/mol. The summed E-state index contributed by atoms with van der Waals surface area (Å²) in [6.07, 6.45) is 0. The van der Waals surface area contributed by atoms with Gasteiger partial charge in [-0.05, 0) is 45.4 Å². The number of nitrogens with zero attached hydrogens (tertiary/aromatic N) is 4. The monoisotopic (exact) mass is 424 g/mol. The molecule has 0 aliphatic carbocycles. The van der Waals surface area contributed by atoms with Gasteiger partial charge in [-0.1, -0.05) is 35.6 Å². The Hall–Kier alpha value is -3.13. The zero-order valence-electron chi connectivity index (χ0n) is 17.5. The Morgan fingerprint density at radius 2 is 1.57 bits per heavy atom. The van der Waals surface area contributed by atoms with Crippen LogP contribution >= 0.6 is 11.3 Å². The van der Waals surface area contributed by atoms with Crippen molar-refractivity contribution >= 4 is 16.3 Å². The zero-order chi connectivity index (χ0) is 21.1. The summed E-state index contributed by atoms with van der Waals surface area (Å²) in [5, 5.41) is 14.3. The molecule has 8 heteroatoms. The number of hydrogen-bond donors (Lipinski definition) is 0. The quantitative estimate of drug-likeness (QED) is 0.395. The Labute approximate surface area is 179 Å². The number of aromatic nitrogens is 4. The first-order valence-electron chi connectivity index (χ1n) is 10.0. The van der Waals surface area contributed by atoms with Crippen molar-refractivity contribution in [2.75, 3.05) is 19.8 Å². The number of ether oxygens (including phenoxy) is 3. The highest BCUT2D eigenvalue weighted by atomic mass is 32.1. The van der Waals surface area contributed by atoms with Crippen molar-refractivity contribution in [3.63, 3.8) is 0 Å². The molecule has 156 valence electrons. The van der Waals surface area contributed by atoms with Crippen molar-refractivity contribution in [1.29, 1.82) is 0 Å². The molecule has 4 aromatic rings. The van der Waals surface area contributed by atoms with E-state index < -0.39 is 0 Å². The SMILES string of the molecule is CCOc1cc(-c2nn3c(-c4ccccc4C)nnc3s2)cc(OCC)c1OCC. The summed E-state index contributed by atoms with van der Waals surface area (Å²) in [4.78, 5) is 0.730. The smallest absolute Gasteiger partial charge is 0.235 e. The third-order valence-corrected chi connectivity index (χ3v) is 5.48. The molecule has 0 spiro atoms. The lowest BCUT2D eigenvalue weighted by atomic mass is 10.1. The number of hydrogen-bond acceptors (Lipinski definition) is 7. The fourth-order valence-corrected chi connectivity index (χ4v) is 4.06. The minimum Gasteiger partial charge on any atom is -0.490 e. The van der Waals surface area contributed by atoms with Crippen LogP contribution in [-0.4, -0.2) is 39.6 Å². The van der Waals surface area contributed by atoms with E-state index in [0.29, 0.717) is 37.1 Å². The third kappa shape index (κ3) is 3.70. The minimum absolute atomic E-state index is 0.524. The molecule has 0 fully saturated rings. The van der Waals surface area contributed by atoms with Gasteiger partial charge >= 0.3 is 0 Å². The third-order valence-electron chi connectivity index (χ3n) is 4.53. The lowest BCUT2D eigenvalue weighted by molar-refractivity contribution is 0.261. The van der Waals surface area contributed by atoms with Gasteiger partial charge in [0.25, 0.3) is 0 Å². The van der Waals surface area contributed by atoms with E-state index in [1.54, 1.807) is 4.52 Å². The van der Waals surface area contributed by atoms with Crippen molar-refractivity contribution in [1.82, 2.24) is 19.8 Å². The highest BCUT2D eigenvalue weighted by Gasteiger charge is 2.20. The normalized spacial score (nSPS) is 11.1. The van der Waals surface area contributed by atoms with E-state index in [1.807, 2.05) is 51.1 Å². The van der Waals surface area contributed by atoms with Crippen LogP contribution in [0.1, 0.15) is 26.3 Å². The molecule has 2 aromatic carbocycles. The molecule has 0 radical (unpaired) electrons. The van der Waals surface area contributed by atoms with E-state index in [-0.39, 0.29) is 0 Å². The lowest BCUT2D eigenvalue weighted by Crippen LogP contribution is -2.03. The van der Waals surface area contributed by atoms with Crippen LogP contribution in [0.5, 0.6) is 17.2 Å². The second-order valence-electron chi connectivity index (χ2n) is 6.54. The average Bonchev–Trinajstić information content (AvgIpc) is 3.32. The number of rotatable bonds is 8. The predicted octanol–water partition coefficient (Wildman–Crippen LogP) is 5.02. The van der Waals surface area contributed by atoms with Crippen LogP contribution < -0.4 is 14.2 Å². The molecule has 0 aliphatic rings. The molecule has 0 aliphatic heterocycles. The molecule has 2 aromatic heterocycles. The molecule has 0 amide bonds. The molecule has 0 saturated carbocycles. The fraction of sp³-hybridized carbons (Fsp3) is 0.318. The molecule has 30 heavy (non-hydrogen) atoms. The molecule has 0 unspecified atom stereocenters. The van der Waals surface area contributed by atoms with E-state index in [9.17, 15) is 0 Å². The van der Waals surface area contributed by atoms with E-state index >= 15 is 0 Å². The summed E-state index contributed by atoms with van der Waals surface area (Å²) in [6, 6.07) is 12.0. The average molecular weight is 425 g/mol. The predicted molar refractivity (Wildman–Crippen MR) is 118 cm³/mol. The Bertz CT molecular complexity index is 1140. The maximum atomic E-state index is 5.84. The molecule has 0 N–H and O–H groups in total. The highest BCUT2D eigenvalue weighted by Crippen LogP contribution is 2.42. The molecule has 4 rings (SSSR count). The van der Waals surface area contributed by atoms with E-state index in [2.05, 4.69) is 23.2 Å². The van der Waals surface area contributed by atoms with Crippen LogP contribution in [0.4, 0.5) is 0 Å². The van der Waals surface area contributed by atoms with Gasteiger partial charge in [-0.15, -0.1) is 10.2 Å². The summed E-state index contributed by atoms with van der Waals surface area (Å²) in [7, 11) is 0. The Morgan fingerprint density at radius 3 is 2.20 bits per heavy atom. The number of fused-ring (bicyclic) bond motifs is 1. The van der Waals surface area contributed by atoms with Gasteiger partial charge in [0.15, 0.2) is 17.3 Å². The van der Waals surface area contributed by atoms with Gasteiger partial charge < -0.3 is 14.2 Å². The van der Waals surface area contributed by atoms with Crippen LogP contribution in [0, 0.1) is 6.92 Å². The molecular formula is C22H24N4O3S. The Morgan fingerprint density at radius 1 is 0.900 bits per heavy atom. The summed E-state index contributed by atoms with van der Waals surface area (Å²) < 4.78 is 19.3. The maximum Gasteiger partial charge on any atom is 0.235 e. The van der Waals surface area contributed by atoms with Gasteiger partial charge in [-0.3, -0.25) is 0 Å². The Balaban J connectivity index is 1.83. The van der Waals surface area contributed by atoms with Crippen LogP contribution in [0.2, 0.25) is 0 Å². The first-order valence-corrected chi connectivity index (χ1v) is 10.8. The van der Waals surface area contributed by atoms with Gasteiger partial charge in [0, 0.05) is 11.1 Å². The van der Waals surface area contributed by atoms with Crippen LogP contribution in [-0.2, 0) is 0 Å². The molecule has 0 saturated heterocycles. The van der Waals surface area contributed by atoms with Gasteiger partial charge in [0.05, 0.1) is 19.8 Å². The Kier molecular flexibility index (Phi) is 5.85. The minimum atomic E-state index is 0.524. The van der Waals surface area contributed by atoms with Crippen LogP contribution in [0.15, 0.2) is 36.4 Å².